The average Bonchev–Trinajstić information content (AvgIpc) is 3.03. The first-order chi connectivity index (χ1) is 17.2. The number of rotatable bonds is 10. The molecule has 12 nitrogen and oxygen atoms in total. The Labute approximate surface area is 217 Å². The molecule has 6 atom stereocenters. The standard InChI is InChI=1S/C22H29ClFN4O8P/c1-12(2)34-19(30)13(3)27-37(32,36-14-8-6-5-7-9-14)33-11-16-17(29)22(4,24)20(35-16)28-10-15(23)18(25)26-21(28)31/h5-10,12-13,16-17,20,29H,11H2,1-4H3,(H,27,32)(H2,25,26,31)/t13-,16-,17-,20-,22-,37?/m1/s1. The van der Waals surface area contributed by atoms with Crippen LogP contribution in [0.15, 0.2) is 41.3 Å². The van der Waals surface area contributed by atoms with E-state index < -0.39 is 62.3 Å². The number of hydrogen-bond donors (Lipinski definition) is 3. The first kappa shape index (κ1) is 29.0. The first-order valence-electron chi connectivity index (χ1n) is 11.3. The Morgan fingerprint density at radius 2 is 2.03 bits per heavy atom. The number of nitrogens with two attached hydrogens (primary N) is 1. The van der Waals surface area contributed by atoms with Gasteiger partial charge in [-0.3, -0.25) is 13.9 Å². The van der Waals surface area contributed by atoms with Gasteiger partial charge in [0.05, 0.1) is 17.7 Å². The van der Waals surface area contributed by atoms with Crippen LogP contribution in [0.5, 0.6) is 5.75 Å². The summed E-state index contributed by atoms with van der Waals surface area (Å²) in [6.07, 6.45) is -4.27. The Hall–Kier alpha value is -2.54. The van der Waals surface area contributed by atoms with Crippen molar-refractivity contribution in [3.05, 3.63) is 52.0 Å². The van der Waals surface area contributed by atoms with Crippen molar-refractivity contribution >= 4 is 31.1 Å². The Morgan fingerprint density at radius 1 is 1.38 bits per heavy atom. The number of carbonyl (C=O) groups excluding carboxylic acids is 1. The van der Waals surface area contributed by atoms with Gasteiger partial charge in [0.25, 0.3) is 0 Å². The second-order valence-corrected chi connectivity index (χ2v) is 10.9. The third-order valence-corrected chi connectivity index (χ3v) is 7.27. The largest absolute Gasteiger partial charge is 0.462 e. The van der Waals surface area contributed by atoms with Crippen molar-refractivity contribution in [1.29, 1.82) is 0 Å². The molecule has 2 heterocycles. The van der Waals surface area contributed by atoms with E-state index in [2.05, 4.69) is 10.1 Å². The maximum atomic E-state index is 15.6. The van der Waals surface area contributed by atoms with Crippen LogP contribution in [-0.4, -0.2) is 57.3 Å². The van der Waals surface area contributed by atoms with Crippen molar-refractivity contribution in [2.45, 2.75) is 63.9 Å². The number of esters is 1. The lowest BCUT2D eigenvalue weighted by atomic mass is 9.98. The normalized spacial score (nSPS) is 26.0. The zero-order valence-electron chi connectivity index (χ0n) is 20.5. The number of nitrogen functional groups attached to an aromatic ring is 1. The Morgan fingerprint density at radius 3 is 2.65 bits per heavy atom. The molecule has 4 N–H and O–H groups in total. The zero-order valence-corrected chi connectivity index (χ0v) is 22.2. The monoisotopic (exact) mass is 562 g/mol. The van der Waals surface area contributed by atoms with E-state index in [1.54, 1.807) is 32.0 Å². The summed E-state index contributed by atoms with van der Waals surface area (Å²) in [4.78, 5) is 28.1. The van der Waals surface area contributed by atoms with Gasteiger partial charge in [-0.1, -0.05) is 29.8 Å². The predicted molar refractivity (Wildman–Crippen MR) is 132 cm³/mol. The van der Waals surface area contributed by atoms with Crippen molar-refractivity contribution in [2.75, 3.05) is 12.3 Å². The highest BCUT2D eigenvalue weighted by molar-refractivity contribution is 7.52. The van der Waals surface area contributed by atoms with E-state index in [9.17, 15) is 19.3 Å². The molecule has 1 fully saturated rings. The van der Waals surface area contributed by atoms with Crippen LogP contribution in [-0.2, 0) is 23.4 Å². The van der Waals surface area contributed by atoms with Crippen LogP contribution in [0, 0.1) is 0 Å². The third-order valence-electron chi connectivity index (χ3n) is 5.34. The Balaban J connectivity index is 1.81. The summed E-state index contributed by atoms with van der Waals surface area (Å²) in [6.45, 7) is 5.07. The number of ether oxygens (including phenoxy) is 2. The molecule has 0 amide bonds. The molecule has 1 aromatic heterocycles. The number of anilines is 1. The van der Waals surface area contributed by atoms with Gasteiger partial charge in [0.15, 0.2) is 11.9 Å². The van der Waals surface area contributed by atoms with Gasteiger partial charge in [0, 0.05) is 6.20 Å². The van der Waals surface area contributed by atoms with Crippen LogP contribution < -0.4 is 21.0 Å². The minimum Gasteiger partial charge on any atom is -0.462 e. The van der Waals surface area contributed by atoms with Crippen LogP contribution in [0.3, 0.4) is 0 Å². The molecule has 37 heavy (non-hydrogen) atoms. The molecule has 3 rings (SSSR count). The van der Waals surface area contributed by atoms with Gasteiger partial charge in [0.2, 0.25) is 0 Å². The summed E-state index contributed by atoms with van der Waals surface area (Å²) in [5.74, 6) is -0.814. The number of nitrogens with zero attached hydrogens (tertiary/aromatic N) is 2. The lowest BCUT2D eigenvalue weighted by molar-refractivity contribution is -0.149. The zero-order chi connectivity index (χ0) is 27.5. The van der Waals surface area contributed by atoms with E-state index in [1.807, 2.05) is 0 Å². The van der Waals surface area contributed by atoms with Gasteiger partial charge >= 0.3 is 19.4 Å². The highest BCUT2D eigenvalue weighted by atomic mass is 35.5. The lowest BCUT2D eigenvalue weighted by Crippen LogP contribution is -2.43. The van der Waals surface area contributed by atoms with E-state index >= 15 is 4.39 Å². The molecule has 0 saturated carbocycles. The molecule has 0 spiro atoms. The highest BCUT2D eigenvalue weighted by Crippen LogP contribution is 2.47. The number of alkyl halides is 1. The van der Waals surface area contributed by atoms with Crippen LogP contribution >= 0.6 is 19.3 Å². The van der Waals surface area contributed by atoms with Gasteiger partial charge in [-0.15, -0.1) is 0 Å². The number of hydrogen-bond acceptors (Lipinski definition) is 10. The number of para-hydroxylation sites is 1. The highest BCUT2D eigenvalue weighted by Gasteiger charge is 2.56. The molecular formula is C22H29ClFN4O8P. The summed E-state index contributed by atoms with van der Waals surface area (Å²) in [5.41, 5.74) is 2.05. The molecule has 0 bridgehead atoms. The number of nitrogens with one attached hydrogen (secondary N) is 1. The molecule has 0 radical (unpaired) electrons. The summed E-state index contributed by atoms with van der Waals surface area (Å²) < 4.78 is 51.6. The molecular weight excluding hydrogens is 534 g/mol. The number of halogens is 2. The van der Waals surface area contributed by atoms with E-state index in [4.69, 9.17) is 35.9 Å². The van der Waals surface area contributed by atoms with Crippen molar-refractivity contribution < 1.29 is 37.4 Å². The van der Waals surface area contributed by atoms with Gasteiger partial charge in [-0.25, -0.2) is 13.8 Å². The summed E-state index contributed by atoms with van der Waals surface area (Å²) in [6, 6.07) is 6.86. The minimum absolute atomic E-state index is 0.125. The number of benzene rings is 1. The van der Waals surface area contributed by atoms with E-state index in [0.717, 1.165) is 17.7 Å². The molecule has 1 aromatic carbocycles. The van der Waals surface area contributed by atoms with Gasteiger partial charge in [-0.2, -0.15) is 10.1 Å². The molecule has 204 valence electrons. The maximum Gasteiger partial charge on any atom is 0.459 e. The van der Waals surface area contributed by atoms with Crippen LogP contribution in [0.2, 0.25) is 5.02 Å². The second kappa shape index (κ2) is 11.5. The van der Waals surface area contributed by atoms with Gasteiger partial charge in [-0.05, 0) is 39.8 Å². The van der Waals surface area contributed by atoms with Crippen LogP contribution in [0.1, 0.15) is 33.9 Å². The van der Waals surface area contributed by atoms with Crippen molar-refractivity contribution in [1.82, 2.24) is 14.6 Å². The fourth-order valence-electron chi connectivity index (χ4n) is 3.48. The van der Waals surface area contributed by atoms with Crippen LogP contribution in [0.4, 0.5) is 10.2 Å². The number of aliphatic hydroxyl groups is 1. The topological polar surface area (TPSA) is 164 Å². The number of carbonyl (C=O) groups is 1. The molecule has 0 aliphatic carbocycles. The number of aliphatic hydroxyl groups excluding tert-OH is 1. The van der Waals surface area contributed by atoms with Crippen LogP contribution in [0.25, 0.3) is 0 Å². The minimum atomic E-state index is -4.31. The lowest BCUT2D eigenvalue weighted by Gasteiger charge is -2.25. The second-order valence-electron chi connectivity index (χ2n) is 8.82. The summed E-state index contributed by atoms with van der Waals surface area (Å²) in [5, 5.41) is 13.0. The first-order valence-corrected chi connectivity index (χ1v) is 13.2. The fraction of sp³-hybridized carbons (Fsp3) is 0.500. The quantitative estimate of drug-likeness (QED) is 0.288. The fourth-order valence-corrected chi connectivity index (χ4v) is 5.13. The van der Waals surface area contributed by atoms with E-state index in [1.165, 1.54) is 19.1 Å². The number of aromatic nitrogens is 2. The van der Waals surface area contributed by atoms with E-state index in [-0.39, 0.29) is 16.6 Å². The smallest absolute Gasteiger partial charge is 0.459 e. The maximum absolute atomic E-state index is 15.6. The van der Waals surface area contributed by atoms with Crippen molar-refractivity contribution in [3.63, 3.8) is 0 Å². The van der Waals surface area contributed by atoms with E-state index in [0.29, 0.717) is 0 Å². The molecule has 1 aliphatic heterocycles. The average molecular weight is 563 g/mol. The molecule has 1 unspecified atom stereocenters. The van der Waals surface area contributed by atoms with Crippen molar-refractivity contribution in [2.24, 2.45) is 0 Å². The SMILES string of the molecule is CC(C)OC(=O)[C@@H](C)NP(=O)(OC[C@H]1O[C@@H](n2cc(Cl)c(N)nc2=O)[C@](C)(F)[C@@H]1O)Oc1ccccc1. The van der Waals surface area contributed by atoms with Crippen molar-refractivity contribution in [3.8, 4) is 5.75 Å². The molecule has 2 aromatic rings. The molecule has 1 saturated heterocycles. The van der Waals surface area contributed by atoms with Gasteiger partial charge in [0.1, 0.15) is 29.8 Å². The molecule has 15 heteroatoms. The summed E-state index contributed by atoms with van der Waals surface area (Å²) in [7, 11) is -4.31. The Bertz CT molecular complexity index is 1210. The van der Waals surface area contributed by atoms with Gasteiger partial charge < -0.3 is 24.8 Å². The third kappa shape index (κ3) is 6.86. The Kier molecular flexibility index (Phi) is 8.99. The predicted octanol–water partition coefficient (Wildman–Crippen LogP) is 2.60. The summed E-state index contributed by atoms with van der Waals surface area (Å²) >= 11 is 5.92. The molecule has 1 aliphatic rings.